The van der Waals surface area contributed by atoms with Crippen molar-refractivity contribution in [2.75, 3.05) is 5.32 Å². The molecule has 0 atom stereocenters. The van der Waals surface area contributed by atoms with Crippen molar-refractivity contribution in [2.45, 2.75) is 13.5 Å². The molecule has 0 radical (unpaired) electrons. The third-order valence-electron chi connectivity index (χ3n) is 3.93. The van der Waals surface area contributed by atoms with Crippen molar-refractivity contribution in [3.63, 3.8) is 0 Å². The molecule has 4 nitrogen and oxygen atoms in total. The quantitative estimate of drug-likeness (QED) is 0.657. The lowest BCUT2D eigenvalue weighted by molar-refractivity contribution is 0.0953. The van der Waals surface area contributed by atoms with E-state index in [0.717, 1.165) is 11.1 Å². The second-order valence-electron chi connectivity index (χ2n) is 5.72. The molecule has 0 aliphatic carbocycles. The van der Waals surface area contributed by atoms with Crippen LogP contribution in [0.5, 0.6) is 0 Å². The van der Waals surface area contributed by atoms with E-state index in [1.165, 1.54) is 11.3 Å². The Kier molecular flexibility index (Phi) is 5.71. The highest BCUT2D eigenvalue weighted by Gasteiger charge is 2.10. The van der Waals surface area contributed by atoms with Gasteiger partial charge in [-0.3, -0.25) is 9.59 Å². The number of hydrogen-bond donors (Lipinski definition) is 2. The van der Waals surface area contributed by atoms with E-state index in [9.17, 15) is 9.59 Å². The minimum Gasteiger partial charge on any atom is -0.347 e. The Morgan fingerprint density at radius 3 is 2.46 bits per heavy atom. The van der Waals surface area contributed by atoms with Crippen molar-refractivity contribution in [3.05, 3.63) is 86.6 Å². The number of amides is 2. The molecular weight excluding hydrogens is 368 g/mol. The molecule has 26 heavy (non-hydrogen) atoms. The third kappa shape index (κ3) is 4.31. The van der Waals surface area contributed by atoms with Crippen molar-refractivity contribution in [1.82, 2.24) is 5.32 Å². The molecular formula is C20H17ClN2O2S. The number of benzene rings is 2. The normalized spacial score (nSPS) is 10.4. The summed E-state index contributed by atoms with van der Waals surface area (Å²) in [4.78, 5) is 25.0. The van der Waals surface area contributed by atoms with Crippen LogP contribution in [0.1, 0.15) is 31.2 Å². The maximum absolute atomic E-state index is 12.4. The fourth-order valence-corrected chi connectivity index (χ4v) is 3.20. The van der Waals surface area contributed by atoms with Crippen LogP contribution in [0, 0.1) is 6.92 Å². The lowest BCUT2D eigenvalue weighted by atomic mass is 10.1. The fraction of sp³-hybridized carbons (Fsp3) is 0.100. The molecule has 2 aromatic carbocycles. The second-order valence-corrected chi connectivity index (χ2v) is 7.08. The van der Waals surface area contributed by atoms with Gasteiger partial charge in [0, 0.05) is 22.8 Å². The van der Waals surface area contributed by atoms with E-state index in [1.807, 2.05) is 36.6 Å². The summed E-state index contributed by atoms with van der Waals surface area (Å²) in [7, 11) is 0. The molecule has 6 heteroatoms. The Labute approximate surface area is 160 Å². The van der Waals surface area contributed by atoms with Gasteiger partial charge in [-0.25, -0.2) is 0 Å². The lowest BCUT2D eigenvalue weighted by Gasteiger charge is -2.10. The second kappa shape index (κ2) is 8.17. The first kappa shape index (κ1) is 18.2. The van der Waals surface area contributed by atoms with Gasteiger partial charge in [-0.15, -0.1) is 11.3 Å². The molecule has 0 bridgehead atoms. The lowest BCUT2D eigenvalue weighted by Crippen LogP contribution is -2.21. The van der Waals surface area contributed by atoms with Crippen molar-refractivity contribution in [1.29, 1.82) is 0 Å². The van der Waals surface area contributed by atoms with Crippen LogP contribution in [0.15, 0.2) is 60.0 Å². The minimum absolute atomic E-state index is 0.0988. The molecule has 0 fully saturated rings. The van der Waals surface area contributed by atoms with E-state index in [0.29, 0.717) is 27.7 Å². The summed E-state index contributed by atoms with van der Waals surface area (Å²) in [5, 5.41) is 8.20. The summed E-state index contributed by atoms with van der Waals surface area (Å²) < 4.78 is 0. The zero-order valence-corrected chi connectivity index (χ0v) is 15.7. The predicted molar refractivity (Wildman–Crippen MR) is 106 cm³/mol. The van der Waals surface area contributed by atoms with E-state index >= 15 is 0 Å². The van der Waals surface area contributed by atoms with Gasteiger partial charge in [0.15, 0.2) is 0 Å². The first-order valence-corrected chi connectivity index (χ1v) is 9.27. The Bertz CT molecular complexity index is 921. The van der Waals surface area contributed by atoms with Crippen molar-refractivity contribution in [3.8, 4) is 0 Å². The van der Waals surface area contributed by atoms with Crippen LogP contribution in [-0.4, -0.2) is 11.8 Å². The standard InChI is InChI=1S/C20H17ClN2O2S/c1-13-16(21)4-2-5-17(13)23-19(24)15-9-7-14(8-10-15)12-22-20(25)18-6-3-11-26-18/h2-11H,12H2,1H3,(H,22,25)(H,23,24). The molecule has 0 saturated heterocycles. The third-order valence-corrected chi connectivity index (χ3v) is 5.21. The van der Waals surface area contributed by atoms with Crippen LogP contribution in [0.3, 0.4) is 0 Å². The van der Waals surface area contributed by atoms with Gasteiger partial charge in [0.25, 0.3) is 11.8 Å². The van der Waals surface area contributed by atoms with E-state index < -0.39 is 0 Å². The molecule has 132 valence electrons. The summed E-state index contributed by atoms with van der Waals surface area (Å²) in [6.07, 6.45) is 0. The zero-order valence-electron chi connectivity index (χ0n) is 14.1. The van der Waals surface area contributed by atoms with Crippen LogP contribution in [0.25, 0.3) is 0 Å². The molecule has 0 saturated carbocycles. The van der Waals surface area contributed by atoms with E-state index in [1.54, 1.807) is 30.3 Å². The van der Waals surface area contributed by atoms with E-state index in [2.05, 4.69) is 10.6 Å². The first-order valence-electron chi connectivity index (χ1n) is 8.01. The van der Waals surface area contributed by atoms with Gasteiger partial charge in [-0.1, -0.05) is 35.9 Å². The maximum Gasteiger partial charge on any atom is 0.261 e. The fourth-order valence-electron chi connectivity index (χ4n) is 2.39. The smallest absolute Gasteiger partial charge is 0.261 e. The Balaban J connectivity index is 1.61. The minimum atomic E-state index is -0.204. The number of carbonyl (C=O) groups excluding carboxylic acids is 2. The van der Waals surface area contributed by atoms with Crippen LogP contribution in [0.4, 0.5) is 5.69 Å². The van der Waals surface area contributed by atoms with Crippen LogP contribution in [0.2, 0.25) is 5.02 Å². The van der Waals surface area contributed by atoms with Gasteiger partial charge in [-0.2, -0.15) is 0 Å². The number of halogens is 1. The maximum atomic E-state index is 12.4. The largest absolute Gasteiger partial charge is 0.347 e. The highest BCUT2D eigenvalue weighted by molar-refractivity contribution is 7.12. The number of carbonyl (C=O) groups is 2. The highest BCUT2D eigenvalue weighted by Crippen LogP contribution is 2.23. The molecule has 1 heterocycles. The van der Waals surface area contributed by atoms with Crippen molar-refractivity contribution < 1.29 is 9.59 Å². The molecule has 0 aliphatic heterocycles. The highest BCUT2D eigenvalue weighted by atomic mass is 35.5. The summed E-state index contributed by atoms with van der Waals surface area (Å²) in [5.74, 6) is -0.303. The van der Waals surface area contributed by atoms with E-state index in [4.69, 9.17) is 11.6 Å². The van der Waals surface area contributed by atoms with Crippen molar-refractivity contribution >= 4 is 40.4 Å². The van der Waals surface area contributed by atoms with Crippen LogP contribution >= 0.6 is 22.9 Å². The molecule has 0 aliphatic rings. The number of nitrogens with one attached hydrogen (secondary N) is 2. The number of anilines is 1. The Morgan fingerprint density at radius 1 is 1.00 bits per heavy atom. The predicted octanol–water partition coefficient (Wildman–Crippen LogP) is 4.89. The van der Waals surface area contributed by atoms with Gasteiger partial charge < -0.3 is 10.6 Å². The SMILES string of the molecule is Cc1c(Cl)cccc1NC(=O)c1ccc(CNC(=O)c2cccs2)cc1. The average Bonchev–Trinajstić information content (AvgIpc) is 3.19. The summed E-state index contributed by atoms with van der Waals surface area (Å²) >= 11 is 7.48. The Morgan fingerprint density at radius 2 is 1.77 bits per heavy atom. The summed E-state index contributed by atoms with van der Waals surface area (Å²) in [5.41, 5.74) is 2.98. The van der Waals surface area contributed by atoms with Gasteiger partial charge in [0.1, 0.15) is 0 Å². The van der Waals surface area contributed by atoms with Gasteiger partial charge in [0.2, 0.25) is 0 Å². The van der Waals surface area contributed by atoms with Gasteiger partial charge >= 0.3 is 0 Å². The molecule has 1 aromatic heterocycles. The molecule has 3 aromatic rings. The number of thiophene rings is 1. The number of hydrogen-bond acceptors (Lipinski definition) is 3. The van der Waals surface area contributed by atoms with Crippen LogP contribution in [-0.2, 0) is 6.54 Å². The zero-order chi connectivity index (χ0) is 18.5. The van der Waals surface area contributed by atoms with Crippen LogP contribution < -0.4 is 10.6 Å². The average molecular weight is 385 g/mol. The molecule has 3 rings (SSSR count). The topological polar surface area (TPSA) is 58.2 Å². The molecule has 2 N–H and O–H groups in total. The summed E-state index contributed by atoms with van der Waals surface area (Å²) in [6, 6.07) is 16.1. The van der Waals surface area contributed by atoms with Gasteiger partial charge in [-0.05, 0) is 53.8 Å². The summed E-state index contributed by atoms with van der Waals surface area (Å²) in [6.45, 7) is 2.27. The Hall–Kier alpha value is -2.63. The first-order chi connectivity index (χ1) is 12.5. The number of rotatable bonds is 5. The van der Waals surface area contributed by atoms with Crippen molar-refractivity contribution in [2.24, 2.45) is 0 Å². The van der Waals surface area contributed by atoms with Gasteiger partial charge in [0.05, 0.1) is 4.88 Å². The molecule has 0 unspecified atom stereocenters. The monoisotopic (exact) mass is 384 g/mol. The molecule has 0 spiro atoms. The van der Waals surface area contributed by atoms with E-state index in [-0.39, 0.29) is 11.8 Å². The molecule has 2 amide bonds.